The molecule has 142 valence electrons. The van der Waals surface area contributed by atoms with Crippen LogP contribution in [-0.2, 0) is 16.6 Å². The van der Waals surface area contributed by atoms with E-state index in [1.165, 1.54) is 4.31 Å². The van der Waals surface area contributed by atoms with Crippen LogP contribution in [0.4, 0.5) is 0 Å². The number of aryl methyl sites for hydroxylation is 2. The summed E-state index contributed by atoms with van der Waals surface area (Å²) in [6.45, 7) is 7.13. The lowest BCUT2D eigenvalue weighted by Gasteiger charge is -2.33. The molecule has 0 aliphatic carbocycles. The first-order valence-electron chi connectivity index (χ1n) is 8.34. The highest BCUT2D eigenvalue weighted by atomic mass is 79.9. The van der Waals surface area contributed by atoms with E-state index in [1.54, 1.807) is 35.6 Å². The number of sulfonamides is 1. The first-order valence-corrected chi connectivity index (χ1v) is 10.6. The molecule has 0 radical (unpaired) electrons. The van der Waals surface area contributed by atoms with Crippen LogP contribution in [0.3, 0.4) is 0 Å². The lowest BCUT2D eigenvalue weighted by molar-refractivity contribution is 0.0664. The Morgan fingerprint density at radius 3 is 2.38 bits per heavy atom. The van der Waals surface area contributed by atoms with Gasteiger partial charge in [-0.1, -0.05) is 0 Å². The Hall–Kier alpha value is -1.65. The summed E-state index contributed by atoms with van der Waals surface area (Å²) in [5.41, 5.74) is 1.15. The molecule has 1 fully saturated rings. The summed E-state index contributed by atoms with van der Waals surface area (Å²) in [5.74, 6) is 0.00278. The van der Waals surface area contributed by atoms with Crippen LogP contribution < -0.4 is 0 Å². The van der Waals surface area contributed by atoms with Gasteiger partial charge in [0.05, 0.1) is 11.4 Å². The quantitative estimate of drug-likeness (QED) is 0.719. The minimum Gasteiger partial charge on any atom is -0.444 e. The van der Waals surface area contributed by atoms with Gasteiger partial charge >= 0.3 is 0 Å². The second-order valence-electron chi connectivity index (χ2n) is 6.12. The van der Waals surface area contributed by atoms with Gasteiger partial charge in [-0.3, -0.25) is 9.48 Å². The number of furan rings is 1. The molecule has 0 spiro atoms. The highest BCUT2D eigenvalue weighted by Gasteiger charge is 2.34. The maximum absolute atomic E-state index is 13.1. The minimum atomic E-state index is -3.64. The molecule has 0 bridgehead atoms. The first kappa shape index (κ1) is 19.1. The summed E-state index contributed by atoms with van der Waals surface area (Å²) < 4.78 is 35.0. The van der Waals surface area contributed by atoms with Crippen molar-refractivity contribution in [1.29, 1.82) is 0 Å². The lowest BCUT2D eigenvalue weighted by atomic mass is 10.3. The van der Waals surface area contributed by atoms with E-state index in [-0.39, 0.29) is 29.7 Å². The first-order chi connectivity index (χ1) is 12.3. The smallest absolute Gasteiger partial charge is 0.289 e. The number of halogens is 1. The normalized spacial score (nSPS) is 16.2. The van der Waals surface area contributed by atoms with Crippen molar-refractivity contribution in [2.45, 2.75) is 32.2 Å². The second kappa shape index (κ2) is 7.16. The third-order valence-corrected chi connectivity index (χ3v) is 7.10. The monoisotopic (exact) mass is 444 g/mol. The van der Waals surface area contributed by atoms with E-state index in [0.29, 0.717) is 35.7 Å². The van der Waals surface area contributed by atoms with E-state index in [4.69, 9.17) is 4.42 Å². The van der Waals surface area contributed by atoms with Crippen molar-refractivity contribution in [2.75, 3.05) is 26.2 Å². The lowest BCUT2D eigenvalue weighted by Crippen LogP contribution is -2.50. The summed E-state index contributed by atoms with van der Waals surface area (Å²) in [5, 5.41) is 4.30. The van der Waals surface area contributed by atoms with Crippen LogP contribution in [0, 0.1) is 13.8 Å². The molecule has 8 nitrogen and oxygen atoms in total. The number of rotatable bonds is 4. The molecule has 1 aliphatic heterocycles. The molecular formula is C16H21BrN4O4S. The third-order valence-electron chi connectivity index (χ3n) is 4.52. The Bertz CT molecular complexity index is 926. The van der Waals surface area contributed by atoms with Gasteiger partial charge in [0.15, 0.2) is 10.4 Å². The van der Waals surface area contributed by atoms with Crippen molar-refractivity contribution in [2.24, 2.45) is 0 Å². The molecule has 0 unspecified atom stereocenters. The van der Waals surface area contributed by atoms with E-state index in [1.807, 2.05) is 6.92 Å². The summed E-state index contributed by atoms with van der Waals surface area (Å²) in [7, 11) is -3.64. The van der Waals surface area contributed by atoms with E-state index < -0.39 is 10.0 Å². The van der Waals surface area contributed by atoms with Crippen molar-refractivity contribution in [3.63, 3.8) is 0 Å². The van der Waals surface area contributed by atoms with Gasteiger partial charge in [-0.15, -0.1) is 0 Å². The molecule has 1 aliphatic rings. The van der Waals surface area contributed by atoms with Gasteiger partial charge in [-0.05, 0) is 48.8 Å². The zero-order valence-corrected chi connectivity index (χ0v) is 17.3. The Balaban J connectivity index is 1.75. The van der Waals surface area contributed by atoms with Crippen LogP contribution in [0.1, 0.15) is 28.9 Å². The van der Waals surface area contributed by atoms with Crippen molar-refractivity contribution in [1.82, 2.24) is 19.0 Å². The largest absolute Gasteiger partial charge is 0.444 e. The molecule has 26 heavy (non-hydrogen) atoms. The average Bonchev–Trinajstić information content (AvgIpc) is 3.17. The third kappa shape index (κ3) is 3.33. The fourth-order valence-electron chi connectivity index (χ4n) is 3.21. The zero-order chi connectivity index (χ0) is 19.1. The maximum Gasteiger partial charge on any atom is 0.289 e. The highest BCUT2D eigenvalue weighted by molar-refractivity contribution is 9.10. The van der Waals surface area contributed by atoms with Crippen LogP contribution in [0.25, 0.3) is 0 Å². The van der Waals surface area contributed by atoms with Crippen molar-refractivity contribution in [3.05, 3.63) is 34.0 Å². The number of carbonyl (C=O) groups excluding carboxylic acids is 1. The van der Waals surface area contributed by atoms with Gasteiger partial charge in [0.1, 0.15) is 4.90 Å². The standard InChI is InChI=1S/C16H21BrN4O4S/c1-4-21-12(3)15(11(2)18-21)26(23,24)20-9-7-19(8-10-20)16(22)13-5-6-14(17)25-13/h5-6H,4,7-10H2,1-3H3. The Labute approximate surface area is 160 Å². The molecule has 2 aromatic rings. The number of piperazine rings is 1. The van der Waals surface area contributed by atoms with Gasteiger partial charge < -0.3 is 9.32 Å². The summed E-state index contributed by atoms with van der Waals surface area (Å²) in [6, 6.07) is 3.26. The van der Waals surface area contributed by atoms with Gasteiger partial charge in [0, 0.05) is 32.7 Å². The van der Waals surface area contributed by atoms with Gasteiger partial charge in [-0.2, -0.15) is 9.40 Å². The Morgan fingerprint density at radius 1 is 1.23 bits per heavy atom. The number of nitrogens with zero attached hydrogens (tertiary/aromatic N) is 4. The Kier molecular flexibility index (Phi) is 5.27. The molecule has 2 aromatic heterocycles. The average molecular weight is 445 g/mol. The van der Waals surface area contributed by atoms with Crippen molar-refractivity contribution in [3.8, 4) is 0 Å². The number of hydrogen-bond donors (Lipinski definition) is 0. The van der Waals surface area contributed by atoms with E-state index >= 15 is 0 Å². The summed E-state index contributed by atoms with van der Waals surface area (Å²) in [6.07, 6.45) is 0. The summed E-state index contributed by atoms with van der Waals surface area (Å²) >= 11 is 3.17. The second-order valence-corrected chi connectivity index (χ2v) is 8.77. The Morgan fingerprint density at radius 2 is 1.88 bits per heavy atom. The topological polar surface area (TPSA) is 88.7 Å². The predicted octanol–water partition coefficient (Wildman–Crippen LogP) is 2.02. The minimum absolute atomic E-state index is 0.237. The van der Waals surface area contributed by atoms with Crippen LogP contribution in [0.15, 0.2) is 26.1 Å². The van der Waals surface area contributed by atoms with Gasteiger partial charge in [0.25, 0.3) is 5.91 Å². The number of hydrogen-bond acceptors (Lipinski definition) is 5. The summed E-state index contributed by atoms with van der Waals surface area (Å²) in [4.78, 5) is 14.3. The van der Waals surface area contributed by atoms with Crippen LogP contribution in [0.5, 0.6) is 0 Å². The van der Waals surface area contributed by atoms with Crippen molar-refractivity contribution >= 4 is 31.9 Å². The van der Waals surface area contributed by atoms with Gasteiger partial charge in [-0.25, -0.2) is 8.42 Å². The SMILES string of the molecule is CCn1nc(C)c(S(=O)(=O)N2CCN(C(=O)c3ccc(Br)o3)CC2)c1C. The highest BCUT2D eigenvalue weighted by Crippen LogP contribution is 2.25. The maximum atomic E-state index is 13.1. The number of aromatic nitrogens is 2. The molecule has 0 N–H and O–H groups in total. The number of amides is 1. The molecule has 3 rings (SSSR count). The molecular weight excluding hydrogens is 424 g/mol. The molecule has 1 saturated heterocycles. The number of carbonyl (C=O) groups is 1. The molecule has 0 atom stereocenters. The molecule has 3 heterocycles. The molecule has 10 heteroatoms. The van der Waals surface area contributed by atoms with Gasteiger partial charge in [0.2, 0.25) is 10.0 Å². The van der Waals surface area contributed by atoms with E-state index in [9.17, 15) is 13.2 Å². The molecule has 0 aromatic carbocycles. The molecule has 0 saturated carbocycles. The van der Waals surface area contributed by atoms with Crippen molar-refractivity contribution < 1.29 is 17.6 Å². The fraction of sp³-hybridized carbons (Fsp3) is 0.500. The predicted molar refractivity (Wildman–Crippen MR) is 98.4 cm³/mol. The molecule has 1 amide bonds. The van der Waals surface area contributed by atoms with Crippen LogP contribution in [0.2, 0.25) is 0 Å². The van der Waals surface area contributed by atoms with Crippen LogP contribution >= 0.6 is 15.9 Å². The zero-order valence-electron chi connectivity index (χ0n) is 14.9. The van der Waals surface area contributed by atoms with Crippen LogP contribution in [-0.4, -0.2) is 59.5 Å². The fourth-order valence-corrected chi connectivity index (χ4v) is 5.31. The van der Waals surface area contributed by atoms with E-state index in [0.717, 1.165) is 0 Å². The van der Waals surface area contributed by atoms with E-state index in [2.05, 4.69) is 21.0 Å².